The molecule has 0 spiro atoms. The van der Waals surface area contributed by atoms with E-state index < -0.39 is 17.7 Å². The van der Waals surface area contributed by atoms with Gasteiger partial charge < -0.3 is 5.73 Å². The van der Waals surface area contributed by atoms with Gasteiger partial charge in [0.15, 0.2) is 11.6 Å². The molecule has 5 heteroatoms. The predicted molar refractivity (Wildman–Crippen MR) is 50.8 cm³/mol. The molecule has 0 aliphatic heterocycles. The average molecular weight is 219 g/mol. The van der Waals surface area contributed by atoms with Crippen LogP contribution in [0.4, 0.5) is 8.78 Å². The number of benzene rings is 1. The van der Waals surface area contributed by atoms with Crippen molar-refractivity contribution in [3.63, 3.8) is 0 Å². The third-order valence-electron chi connectivity index (χ3n) is 1.68. The molecule has 0 unspecified atom stereocenters. The Morgan fingerprint density at radius 1 is 1.36 bits per heavy atom. The fourth-order valence-electron chi connectivity index (χ4n) is 0.959. The molecule has 0 radical (unpaired) electrons. The molecule has 0 aliphatic rings. The zero-order valence-electron chi connectivity index (χ0n) is 7.21. The number of hydrogen-bond acceptors (Lipinski definition) is 2. The Hall–Kier alpha value is -1.18. The maximum absolute atomic E-state index is 12.7. The predicted octanol–water partition coefficient (Wildman–Crippen LogP) is 2.30. The van der Waals surface area contributed by atoms with Crippen LogP contribution in [0.5, 0.6) is 0 Å². The minimum Gasteiger partial charge on any atom is -0.323 e. The van der Waals surface area contributed by atoms with Crippen molar-refractivity contribution >= 4 is 12.4 Å². The highest BCUT2D eigenvalue weighted by atomic mass is 35.5. The fraction of sp³-hybridized carbons (Fsp3) is 0.222. The van der Waals surface area contributed by atoms with Crippen molar-refractivity contribution in [2.75, 3.05) is 0 Å². The molecular weight excluding hydrogens is 210 g/mol. The number of nitrogens with two attached hydrogens (primary N) is 1. The molecule has 0 bridgehead atoms. The summed E-state index contributed by atoms with van der Waals surface area (Å²) in [4.78, 5) is 0. The smallest absolute Gasteiger partial charge is 0.159 e. The van der Waals surface area contributed by atoms with E-state index >= 15 is 0 Å². The van der Waals surface area contributed by atoms with Crippen LogP contribution in [-0.2, 0) is 0 Å². The van der Waals surface area contributed by atoms with Gasteiger partial charge >= 0.3 is 0 Å². The molecule has 0 heterocycles. The molecule has 2 N–H and O–H groups in total. The van der Waals surface area contributed by atoms with Gasteiger partial charge in [-0.15, -0.1) is 12.4 Å². The van der Waals surface area contributed by atoms with Gasteiger partial charge in [-0.1, -0.05) is 6.07 Å². The SMILES string of the molecule is Cl.N#CC[C@@H](N)c1ccc(F)c(F)c1. The van der Waals surface area contributed by atoms with Gasteiger partial charge in [0, 0.05) is 6.04 Å². The van der Waals surface area contributed by atoms with Gasteiger partial charge in [0.05, 0.1) is 12.5 Å². The fourth-order valence-corrected chi connectivity index (χ4v) is 0.959. The van der Waals surface area contributed by atoms with Crippen molar-refractivity contribution in [2.24, 2.45) is 5.73 Å². The lowest BCUT2D eigenvalue weighted by atomic mass is 10.1. The molecule has 76 valence electrons. The van der Waals surface area contributed by atoms with Gasteiger partial charge in [0.1, 0.15) is 0 Å². The molecule has 1 atom stereocenters. The maximum Gasteiger partial charge on any atom is 0.159 e. The van der Waals surface area contributed by atoms with Crippen LogP contribution in [0.1, 0.15) is 18.0 Å². The largest absolute Gasteiger partial charge is 0.323 e. The van der Waals surface area contributed by atoms with E-state index in [0.717, 1.165) is 12.1 Å². The van der Waals surface area contributed by atoms with E-state index in [9.17, 15) is 8.78 Å². The van der Waals surface area contributed by atoms with Crippen LogP contribution in [-0.4, -0.2) is 0 Å². The summed E-state index contributed by atoms with van der Waals surface area (Å²) in [6, 6.07) is 4.69. The second kappa shape index (κ2) is 5.53. The van der Waals surface area contributed by atoms with Crippen molar-refractivity contribution in [1.29, 1.82) is 5.26 Å². The first-order valence-electron chi connectivity index (χ1n) is 3.72. The van der Waals surface area contributed by atoms with Crippen molar-refractivity contribution < 1.29 is 8.78 Å². The van der Waals surface area contributed by atoms with Crippen molar-refractivity contribution in [2.45, 2.75) is 12.5 Å². The van der Waals surface area contributed by atoms with E-state index in [1.54, 1.807) is 0 Å². The van der Waals surface area contributed by atoms with E-state index in [4.69, 9.17) is 11.0 Å². The molecule has 0 aliphatic carbocycles. The van der Waals surface area contributed by atoms with Crippen molar-refractivity contribution in [3.8, 4) is 6.07 Å². The molecular formula is C9H9ClF2N2. The Labute approximate surface area is 86.7 Å². The third-order valence-corrected chi connectivity index (χ3v) is 1.68. The normalized spacial score (nSPS) is 11.3. The van der Waals surface area contributed by atoms with Crippen molar-refractivity contribution in [3.05, 3.63) is 35.4 Å². The van der Waals surface area contributed by atoms with E-state index in [0.29, 0.717) is 5.56 Å². The van der Waals surface area contributed by atoms with Gasteiger partial charge in [-0.3, -0.25) is 0 Å². The Morgan fingerprint density at radius 2 is 2.00 bits per heavy atom. The van der Waals surface area contributed by atoms with Crippen LogP contribution in [0.2, 0.25) is 0 Å². The van der Waals surface area contributed by atoms with E-state index in [1.165, 1.54) is 6.07 Å². The molecule has 14 heavy (non-hydrogen) atoms. The van der Waals surface area contributed by atoms with Crippen LogP contribution >= 0.6 is 12.4 Å². The van der Waals surface area contributed by atoms with E-state index in [2.05, 4.69) is 0 Å². The molecule has 0 amide bonds. The second-order valence-electron chi connectivity index (χ2n) is 2.64. The molecule has 1 aromatic carbocycles. The summed E-state index contributed by atoms with van der Waals surface area (Å²) in [7, 11) is 0. The zero-order chi connectivity index (χ0) is 9.84. The van der Waals surface area contributed by atoms with E-state index in [-0.39, 0.29) is 18.8 Å². The first kappa shape index (κ1) is 12.8. The van der Waals surface area contributed by atoms with Gasteiger partial charge in [0.25, 0.3) is 0 Å². The molecule has 0 fully saturated rings. The van der Waals surface area contributed by atoms with Crippen LogP contribution in [0.25, 0.3) is 0 Å². The number of hydrogen-bond donors (Lipinski definition) is 1. The second-order valence-corrected chi connectivity index (χ2v) is 2.64. The lowest BCUT2D eigenvalue weighted by molar-refractivity contribution is 0.505. The standard InChI is InChI=1S/C9H8F2N2.ClH/c10-7-2-1-6(5-8(7)11)9(13)3-4-12;/h1-2,5,9H,3,13H2;1H/t9-;/m1./s1. The van der Waals surface area contributed by atoms with Crippen LogP contribution in [0, 0.1) is 23.0 Å². The summed E-state index contributed by atoms with van der Waals surface area (Å²) in [5, 5.41) is 8.32. The van der Waals surface area contributed by atoms with Crippen molar-refractivity contribution in [1.82, 2.24) is 0 Å². The highest BCUT2D eigenvalue weighted by molar-refractivity contribution is 5.85. The number of nitrogens with zero attached hydrogens (tertiary/aromatic N) is 1. The van der Waals surface area contributed by atoms with Gasteiger partial charge in [-0.05, 0) is 17.7 Å². The number of rotatable bonds is 2. The summed E-state index contributed by atoms with van der Waals surface area (Å²) < 4.78 is 25.1. The van der Waals surface area contributed by atoms with Crippen LogP contribution < -0.4 is 5.73 Å². The van der Waals surface area contributed by atoms with Crippen LogP contribution in [0.15, 0.2) is 18.2 Å². The Bertz CT molecular complexity index is 349. The molecule has 1 rings (SSSR count). The van der Waals surface area contributed by atoms with E-state index in [1.807, 2.05) is 6.07 Å². The summed E-state index contributed by atoms with van der Waals surface area (Å²) >= 11 is 0. The maximum atomic E-state index is 12.7. The number of nitriles is 1. The van der Waals surface area contributed by atoms with Gasteiger partial charge in [0.2, 0.25) is 0 Å². The Balaban J connectivity index is 0.00000169. The molecule has 0 saturated carbocycles. The summed E-state index contributed by atoms with van der Waals surface area (Å²) in [5.41, 5.74) is 5.94. The Morgan fingerprint density at radius 3 is 2.50 bits per heavy atom. The van der Waals surface area contributed by atoms with Gasteiger partial charge in [-0.25, -0.2) is 8.78 Å². The first-order valence-corrected chi connectivity index (χ1v) is 3.72. The van der Waals surface area contributed by atoms with Crippen LogP contribution in [0.3, 0.4) is 0 Å². The summed E-state index contributed by atoms with van der Waals surface area (Å²) in [5.74, 6) is -1.85. The first-order chi connectivity index (χ1) is 6.15. The zero-order valence-corrected chi connectivity index (χ0v) is 8.02. The molecule has 1 aromatic rings. The molecule has 2 nitrogen and oxygen atoms in total. The number of halogens is 3. The third kappa shape index (κ3) is 2.95. The quantitative estimate of drug-likeness (QED) is 0.828. The highest BCUT2D eigenvalue weighted by Gasteiger charge is 2.08. The summed E-state index contributed by atoms with van der Waals surface area (Å²) in [6.07, 6.45) is 0.0884. The minimum atomic E-state index is -0.939. The highest BCUT2D eigenvalue weighted by Crippen LogP contribution is 2.16. The monoisotopic (exact) mass is 218 g/mol. The Kier molecular flexibility index (Phi) is 5.06. The topological polar surface area (TPSA) is 49.8 Å². The molecule has 0 saturated heterocycles. The minimum absolute atomic E-state index is 0. The average Bonchev–Trinajstić information content (AvgIpc) is 2.10. The lowest BCUT2D eigenvalue weighted by Gasteiger charge is -2.07. The lowest BCUT2D eigenvalue weighted by Crippen LogP contribution is -2.09. The molecule has 0 aromatic heterocycles. The van der Waals surface area contributed by atoms with Gasteiger partial charge in [-0.2, -0.15) is 5.26 Å². The summed E-state index contributed by atoms with van der Waals surface area (Å²) in [6.45, 7) is 0.